The van der Waals surface area contributed by atoms with Gasteiger partial charge in [-0.1, -0.05) is 18.2 Å². The molecule has 0 aliphatic carbocycles. The number of H-pyrrole nitrogens is 1. The Kier molecular flexibility index (Phi) is 3.56. The summed E-state index contributed by atoms with van der Waals surface area (Å²) in [6.07, 6.45) is 4.40. The van der Waals surface area contributed by atoms with Crippen molar-refractivity contribution in [2.24, 2.45) is 0 Å². The zero-order valence-electron chi connectivity index (χ0n) is 9.23. The van der Waals surface area contributed by atoms with Gasteiger partial charge in [-0.25, -0.2) is 4.98 Å². The highest BCUT2D eigenvalue weighted by Crippen LogP contribution is 2.18. The number of hydrogen-bond acceptors (Lipinski definition) is 3. The standard InChI is InChI=1S/C12H15N3O/c1-16-9-6-10-4-2-3-5-11(10)15-12-13-7-8-14-12/h2-5,7-8H,6,9H2,1H3,(H2,13,14,15). The molecule has 2 aromatic rings. The van der Waals surface area contributed by atoms with Crippen LogP contribution in [-0.4, -0.2) is 23.7 Å². The van der Waals surface area contributed by atoms with Crippen LogP contribution in [0, 0.1) is 0 Å². The predicted molar refractivity (Wildman–Crippen MR) is 63.9 cm³/mol. The van der Waals surface area contributed by atoms with Gasteiger partial charge in [-0.3, -0.25) is 0 Å². The van der Waals surface area contributed by atoms with Crippen LogP contribution in [-0.2, 0) is 11.2 Å². The highest BCUT2D eigenvalue weighted by molar-refractivity contribution is 5.58. The fraction of sp³-hybridized carbons (Fsp3) is 0.250. The summed E-state index contributed by atoms with van der Waals surface area (Å²) < 4.78 is 5.08. The fourth-order valence-electron chi connectivity index (χ4n) is 1.53. The molecule has 0 atom stereocenters. The molecule has 4 heteroatoms. The van der Waals surface area contributed by atoms with E-state index >= 15 is 0 Å². The molecule has 0 saturated carbocycles. The van der Waals surface area contributed by atoms with E-state index < -0.39 is 0 Å². The second-order valence-electron chi connectivity index (χ2n) is 3.46. The van der Waals surface area contributed by atoms with Gasteiger partial charge in [0.25, 0.3) is 0 Å². The molecule has 0 radical (unpaired) electrons. The Labute approximate surface area is 94.7 Å². The van der Waals surface area contributed by atoms with E-state index in [0.29, 0.717) is 0 Å². The van der Waals surface area contributed by atoms with Gasteiger partial charge in [0.2, 0.25) is 5.95 Å². The molecule has 1 heterocycles. The molecule has 0 spiro atoms. The normalized spacial score (nSPS) is 10.3. The number of methoxy groups -OCH3 is 1. The average molecular weight is 217 g/mol. The quantitative estimate of drug-likeness (QED) is 0.808. The third-order valence-corrected chi connectivity index (χ3v) is 2.34. The number of aromatic amines is 1. The van der Waals surface area contributed by atoms with Crippen molar-refractivity contribution in [1.82, 2.24) is 9.97 Å². The van der Waals surface area contributed by atoms with E-state index in [9.17, 15) is 0 Å². The van der Waals surface area contributed by atoms with Crippen molar-refractivity contribution in [3.05, 3.63) is 42.2 Å². The summed E-state index contributed by atoms with van der Waals surface area (Å²) in [5.74, 6) is 0.755. The average Bonchev–Trinajstić information content (AvgIpc) is 2.81. The lowest BCUT2D eigenvalue weighted by Gasteiger charge is -2.09. The first-order valence-corrected chi connectivity index (χ1v) is 5.23. The number of nitrogens with zero attached hydrogens (tertiary/aromatic N) is 1. The van der Waals surface area contributed by atoms with Gasteiger partial charge in [0.05, 0.1) is 6.61 Å². The molecule has 0 aliphatic rings. The monoisotopic (exact) mass is 217 g/mol. The van der Waals surface area contributed by atoms with Crippen molar-refractivity contribution in [2.45, 2.75) is 6.42 Å². The molecule has 0 amide bonds. The van der Waals surface area contributed by atoms with Crippen molar-refractivity contribution < 1.29 is 4.74 Å². The van der Waals surface area contributed by atoms with E-state index in [1.165, 1.54) is 5.56 Å². The fourth-order valence-corrected chi connectivity index (χ4v) is 1.53. The summed E-state index contributed by atoms with van der Waals surface area (Å²) in [5.41, 5.74) is 2.29. The molecule has 0 aliphatic heterocycles. The Morgan fingerprint density at radius 3 is 3.00 bits per heavy atom. The number of para-hydroxylation sites is 1. The molecule has 2 rings (SSSR count). The van der Waals surface area contributed by atoms with E-state index in [4.69, 9.17) is 4.74 Å². The number of anilines is 2. The zero-order valence-corrected chi connectivity index (χ0v) is 9.23. The van der Waals surface area contributed by atoms with E-state index in [1.807, 2.05) is 18.2 Å². The van der Waals surface area contributed by atoms with Crippen LogP contribution in [0.3, 0.4) is 0 Å². The Balaban J connectivity index is 2.13. The zero-order chi connectivity index (χ0) is 11.2. The van der Waals surface area contributed by atoms with Crippen molar-refractivity contribution in [1.29, 1.82) is 0 Å². The Hall–Kier alpha value is -1.81. The smallest absolute Gasteiger partial charge is 0.204 e. The van der Waals surface area contributed by atoms with Crippen molar-refractivity contribution in [3.63, 3.8) is 0 Å². The maximum atomic E-state index is 5.08. The minimum Gasteiger partial charge on any atom is -0.384 e. The van der Waals surface area contributed by atoms with Gasteiger partial charge in [-0.15, -0.1) is 0 Å². The number of nitrogens with one attached hydrogen (secondary N) is 2. The molecule has 0 saturated heterocycles. The first-order valence-electron chi connectivity index (χ1n) is 5.23. The van der Waals surface area contributed by atoms with E-state index in [-0.39, 0.29) is 0 Å². The summed E-state index contributed by atoms with van der Waals surface area (Å²) in [7, 11) is 1.71. The van der Waals surface area contributed by atoms with Crippen LogP contribution < -0.4 is 5.32 Å². The largest absolute Gasteiger partial charge is 0.384 e. The maximum Gasteiger partial charge on any atom is 0.204 e. The second kappa shape index (κ2) is 5.32. The number of imidazole rings is 1. The first kappa shape index (κ1) is 10.7. The summed E-state index contributed by atoms with van der Waals surface area (Å²) in [6.45, 7) is 0.719. The molecule has 84 valence electrons. The molecular formula is C12H15N3O. The van der Waals surface area contributed by atoms with Gasteiger partial charge in [0.1, 0.15) is 0 Å². The van der Waals surface area contributed by atoms with Crippen LogP contribution in [0.15, 0.2) is 36.7 Å². The highest BCUT2D eigenvalue weighted by Gasteiger charge is 2.02. The van der Waals surface area contributed by atoms with Gasteiger partial charge in [0.15, 0.2) is 0 Å². The predicted octanol–water partition coefficient (Wildman–Crippen LogP) is 2.34. The molecule has 0 fully saturated rings. The number of aromatic nitrogens is 2. The topological polar surface area (TPSA) is 49.9 Å². The van der Waals surface area contributed by atoms with E-state index in [1.54, 1.807) is 19.5 Å². The minimum absolute atomic E-state index is 0.719. The molecular weight excluding hydrogens is 202 g/mol. The highest BCUT2D eigenvalue weighted by atomic mass is 16.5. The molecule has 0 bridgehead atoms. The van der Waals surface area contributed by atoms with Crippen molar-refractivity contribution in [2.75, 3.05) is 19.0 Å². The van der Waals surface area contributed by atoms with Crippen LogP contribution in [0.1, 0.15) is 5.56 Å². The summed E-state index contributed by atoms with van der Waals surface area (Å²) in [5, 5.41) is 3.24. The molecule has 1 aromatic carbocycles. The number of benzene rings is 1. The van der Waals surface area contributed by atoms with Gasteiger partial charge in [-0.05, 0) is 18.1 Å². The lowest BCUT2D eigenvalue weighted by Crippen LogP contribution is -2.00. The first-order chi connectivity index (χ1) is 7.90. The number of rotatable bonds is 5. The van der Waals surface area contributed by atoms with E-state index in [2.05, 4.69) is 21.4 Å². The summed E-state index contributed by atoms with van der Waals surface area (Å²) in [4.78, 5) is 7.15. The molecule has 2 N–H and O–H groups in total. The number of hydrogen-bond donors (Lipinski definition) is 2. The van der Waals surface area contributed by atoms with Gasteiger partial charge < -0.3 is 15.0 Å². The van der Waals surface area contributed by atoms with Crippen LogP contribution in [0.5, 0.6) is 0 Å². The summed E-state index contributed by atoms with van der Waals surface area (Å²) >= 11 is 0. The lowest BCUT2D eigenvalue weighted by atomic mass is 10.1. The van der Waals surface area contributed by atoms with Gasteiger partial charge >= 0.3 is 0 Å². The van der Waals surface area contributed by atoms with Gasteiger partial charge in [0, 0.05) is 25.2 Å². The van der Waals surface area contributed by atoms with Crippen molar-refractivity contribution in [3.8, 4) is 0 Å². The van der Waals surface area contributed by atoms with Crippen LogP contribution in [0.2, 0.25) is 0 Å². The lowest BCUT2D eigenvalue weighted by molar-refractivity contribution is 0.202. The van der Waals surface area contributed by atoms with Crippen LogP contribution in [0.25, 0.3) is 0 Å². The third kappa shape index (κ3) is 2.61. The molecule has 0 unspecified atom stereocenters. The molecule has 1 aromatic heterocycles. The molecule has 4 nitrogen and oxygen atoms in total. The third-order valence-electron chi connectivity index (χ3n) is 2.34. The van der Waals surface area contributed by atoms with Crippen molar-refractivity contribution >= 4 is 11.6 Å². The second-order valence-corrected chi connectivity index (χ2v) is 3.46. The SMILES string of the molecule is COCCc1ccccc1Nc1ncc[nH]1. The minimum atomic E-state index is 0.719. The Morgan fingerprint density at radius 1 is 1.38 bits per heavy atom. The maximum absolute atomic E-state index is 5.08. The van der Waals surface area contributed by atoms with Crippen LogP contribution >= 0.6 is 0 Å². The molecule has 16 heavy (non-hydrogen) atoms. The van der Waals surface area contributed by atoms with E-state index in [0.717, 1.165) is 24.7 Å². The van der Waals surface area contributed by atoms with Gasteiger partial charge in [-0.2, -0.15) is 0 Å². The summed E-state index contributed by atoms with van der Waals surface area (Å²) in [6, 6.07) is 8.15. The van der Waals surface area contributed by atoms with Crippen LogP contribution in [0.4, 0.5) is 11.6 Å². The number of ether oxygens (including phenoxy) is 1. The Morgan fingerprint density at radius 2 is 2.25 bits per heavy atom. The Bertz CT molecular complexity index is 426.